The predicted octanol–water partition coefficient (Wildman–Crippen LogP) is -0.0330. The number of hydrogen-bond donors (Lipinski definition) is 2. The molecule has 0 atom stereocenters. The lowest BCUT2D eigenvalue weighted by Crippen LogP contribution is -2.60. The Kier molecular flexibility index (Phi) is 2.39. The van der Waals surface area contributed by atoms with Crippen LogP contribution in [-0.4, -0.2) is 35.9 Å². The van der Waals surface area contributed by atoms with Crippen LogP contribution in [-0.2, 0) is 6.42 Å². The number of rotatable bonds is 3. The fraction of sp³-hybridized carbons (Fsp3) is 0.500. The van der Waals surface area contributed by atoms with Gasteiger partial charge in [0.05, 0.1) is 18.9 Å². The number of nitrogens with one attached hydrogen (secondary N) is 1. The maximum absolute atomic E-state index is 9.86. The SMILES string of the molecule is COc1ccc(CC2(O)CNC2)nc1. The molecule has 0 saturated carbocycles. The smallest absolute Gasteiger partial charge is 0.137 e. The number of nitrogens with zero attached hydrogens (tertiary/aromatic N) is 1. The van der Waals surface area contributed by atoms with E-state index in [1.54, 1.807) is 13.3 Å². The molecule has 0 radical (unpaired) electrons. The normalized spacial score (nSPS) is 18.7. The summed E-state index contributed by atoms with van der Waals surface area (Å²) in [5.74, 6) is 0.743. The average molecular weight is 194 g/mol. The number of aromatic nitrogens is 1. The third-order valence-corrected chi connectivity index (χ3v) is 2.45. The minimum atomic E-state index is -0.596. The van der Waals surface area contributed by atoms with Crippen LogP contribution >= 0.6 is 0 Å². The first-order chi connectivity index (χ1) is 6.72. The van der Waals surface area contributed by atoms with E-state index in [9.17, 15) is 5.11 Å². The molecule has 1 fully saturated rings. The van der Waals surface area contributed by atoms with E-state index in [0.29, 0.717) is 19.5 Å². The van der Waals surface area contributed by atoms with Crippen molar-refractivity contribution in [3.05, 3.63) is 24.0 Å². The van der Waals surface area contributed by atoms with E-state index in [4.69, 9.17) is 4.74 Å². The second kappa shape index (κ2) is 3.55. The van der Waals surface area contributed by atoms with Gasteiger partial charge in [-0.05, 0) is 12.1 Å². The van der Waals surface area contributed by atoms with Gasteiger partial charge in [-0.1, -0.05) is 0 Å². The predicted molar refractivity (Wildman–Crippen MR) is 52.3 cm³/mol. The molecule has 0 spiro atoms. The van der Waals surface area contributed by atoms with Gasteiger partial charge in [-0.25, -0.2) is 0 Å². The second-order valence-corrected chi connectivity index (χ2v) is 3.69. The topological polar surface area (TPSA) is 54.4 Å². The van der Waals surface area contributed by atoms with E-state index in [1.807, 2.05) is 12.1 Å². The molecule has 1 aromatic rings. The minimum Gasteiger partial charge on any atom is -0.495 e. The van der Waals surface area contributed by atoms with E-state index in [-0.39, 0.29) is 0 Å². The maximum atomic E-state index is 9.86. The fourth-order valence-electron chi connectivity index (χ4n) is 1.51. The molecule has 2 rings (SSSR count). The van der Waals surface area contributed by atoms with Gasteiger partial charge in [0.15, 0.2) is 0 Å². The molecule has 4 nitrogen and oxygen atoms in total. The van der Waals surface area contributed by atoms with Crippen LogP contribution in [0.25, 0.3) is 0 Å². The zero-order chi connectivity index (χ0) is 10.0. The van der Waals surface area contributed by atoms with E-state index in [0.717, 1.165) is 11.4 Å². The van der Waals surface area contributed by atoms with Crippen LogP contribution in [0.4, 0.5) is 0 Å². The lowest BCUT2D eigenvalue weighted by molar-refractivity contribution is -0.00982. The van der Waals surface area contributed by atoms with Crippen molar-refractivity contribution in [2.45, 2.75) is 12.0 Å². The van der Waals surface area contributed by atoms with Crippen LogP contribution in [0.15, 0.2) is 18.3 Å². The monoisotopic (exact) mass is 194 g/mol. The molecule has 0 amide bonds. The summed E-state index contributed by atoms with van der Waals surface area (Å²) in [6.45, 7) is 1.31. The lowest BCUT2D eigenvalue weighted by Gasteiger charge is -2.37. The molecule has 0 bridgehead atoms. The molecular weight excluding hydrogens is 180 g/mol. The summed E-state index contributed by atoms with van der Waals surface area (Å²) < 4.78 is 5.00. The summed E-state index contributed by atoms with van der Waals surface area (Å²) in [6, 6.07) is 3.74. The lowest BCUT2D eigenvalue weighted by atomic mass is 9.91. The summed E-state index contributed by atoms with van der Waals surface area (Å²) in [6.07, 6.45) is 2.27. The largest absolute Gasteiger partial charge is 0.495 e. The van der Waals surface area contributed by atoms with Crippen molar-refractivity contribution in [1.82, 2.24) is 10.3 Å². The van der Waals surface area contributed by atoms with E-state index < -0.39 is 5.60 Å². The average Bonchev–Trinajstić information content (AvgIpc) is 2.17. The number of ether oxygens (including phenoxy) is 1. The van der Waals surface area contributed by atoms with Gasteiger partial charge >= 0.3 is 0 Å². The third-order valence-electron chi connectivity index (χ3n) is 2.45. The highest BCUT2D eigenvalue weighted by molar-refractivity contribution is 5.21. The molecule has 1 aliphatic heterocycles. The molecular formula is C10H14N2O2. The Morgan fingerprint density at radius 2 is 2.36 bits per heavy atom. The Balaban J connectivity index is 2.02. The van der Waals surface area contributed by atoms with Crippen LogP contribution < -0.4 is 10.1 Å². The summed E-state index contributed by atoms with van der Waals surface area (Å²) >= 11 is 0. The Morgan fingerprint density at radius 1 is 1.57 bits per heavy atom. The summed E-state index contributed by atoms with van der Waals surface area (Å²) in [4.78, 5) is 4.20. The Labute approximate surface area is 82.9 Å². The van der Waals surface area contributed by atoms with Crippen LogP contribution in [0.3, 0.4) is 0 Å². The van der Waals surface area contributed by atoms with Gasteiger partial charge in [-0.2, -0.15) is 0 Å². The molecule has 4 heteroatoms. The quantitative estimate of drug-likeness (QED) is 0.709. The number of hydrogen-bond acceptors (Lipinski definition) is 4. The highest BCUT2D eigenvalue weighted by Gasteiger charge is 2.34. The molecule has 1 aliphatic rings. The Bertz CT molecular complexity index is 306. The first kappa shape index (κ1) is 9.43. The van der Waals surface area contributed by atoms with Gasteiger partial charge in [-0.15, -0.1) is 0 Å². The molecule has 0 unspecified atom stereocenters. The van der Waals surface area contributed by atoms with Crippen LogP contribution in [0, 0.1) is 0 Å². The summed E-state index contributed by atoms with van der Waals surface area (Å²) in [7, 11) is 1.61. The Morgan fingerprint density at radius 3 is 2.79 bits per heavy atom. The minimum absolute atomic E-state index is 0.596. The van der Waals surface area contributed by atoms with Gasteiger partial charge in [0.1, 0.15) is 5.75 Å². The van der Waals surface area contributed by atoms with Gasteiger partial charge in [-0.3, -0.25) is 4.98 Å². The van der Waals surface area contributed by atoms with E-state index in [2.05, 4.69) is 10.3 Å². The Hall–Kier alpha value is -1.13. The number of aliphatic hydroxyl groups is 1. The van der Waals surface area contributed by atoms with Gasteiger partial charge in [0.2, 0.25) is 0 Å². The van der Waals surface area contributed by atoms with Crippen molar-refractivity contribution in [2.24, 2.45) is 0 Å². The zero-order valence-electron chi connectivity index (χ0n) is 8.16. The highest BCUT2D eigenvalue weighted by atomic mass is 16.5. The molecule has 76 valence electrons. The second-order valence-electron chi connectivity index (χ2n) is 3.69. The summed E-state index contributed by atoms with van der Waals surface area (Å²) in [5.41, 5.74) is 0.302. The van der Waals surface area contributed by atoms with Crippen molar-refractivity contribution < 1.29 is 9.84 Å². The van der Waals surface area contributed by atoms with Crippen molar-refractivity contribution in [2.75, 3.05) is 20.2 Å². The van der Waals surface area contributed by atoms with Crippen molar-refractivity contribution in [3.63, 3.8) is 0 Å². The van der Waals surface area contributed by atoms with Gasteiger partial charge < -0.3 is 15.2 Å². The molecule has 0 aliphatic carbocycles. The highest BCUT2D eigenvalue weighted by Crippen LogP contribution is 2.17. The first-order valence-electron chi connectivity index (χ1n) is 4.64. The van der Waals surface area contributed by atoms with Gasteiger partial charge in [0.25, 0.3) is 0 Å². The van der Waals surface area contributed by atoms with Gasteiger partial charge in [0, 0.05) is 25.2 Å². The van der Waals surface area contributed by atoms with Crippen molar-refractivity contribution in [3.8, 4) is 5.75 Å². The van der Waals surface area contributed by atoms with Crippen LogP contribution in [0.1, 0.15) is 5.69 Å². The molecule has 14 heavy (non-hydrogen) atoms. The third kappa shape index (κ3) is 1.86. The van der Waals surface area contributed by atoms with Crippen LogP contribution in [0.5, 0.6) is 5.75 Å². The number of methoxy groups -OCH3 is 1. The molecule has 2 N–H and O–H groups in total. The molecule has 1 saturated heterocycles. The zero-order valence-corrected chi connectivity index (χ0v) is 8.16. The van der Waals surface area contributed by atoms with Crippen LogP contribution in [0.2, 0.25) is 0 Å². The van der Waals surface area contributed by atoms with Crippen molar-refractivity contribution >= 4 is 0 Å². The standard InChI is InChI=1S/C10H14N2O2/c1-14-9-3-2-8(12-5-9)4-10(13)6-11-7-10/h2-3,5,11,13H,4,6-7H2,1H3. The molecule has 2 heterocycles. The van der Waals surface area contributed by atoms with E-state index >= 15 is 0 Å². The summed E-state index contributed by atoms with van der Waals surface area (Å²) in [5, 5.41) is 12.9. The number of β-amino-alcohol motifs (C(OH)–C–C–N with tert-alkyl or cyclic N) is 1. The maximum Gasteiger partial charge on any atom is 0.137 e. The first-order valence-corrected chi connectivity index (χ1v) is 4.64. The molecule has 0 aromatic carbocycles. The number of pyridine rings is 1. The van der Waals surface area contributed by atoms with E-state index in [1.165, 1.54) is 0 Å². The van der Waals surface area contributed by atoms with Crippen molar-refractivity contribution in [1.29, 1.82) is 0 Å². The fourth-order valence-corrected chi connectivity index (χ4v) is 1.51. The molecule has 1 aromatic heterocycles.